The van der Waals surface area contributed by atoms with Crippen molar-refractivity contribution in [3.63, 3.8) is 0 Å². The van der Waals surface area contributed by atoms with Gasteiger partial charge in [-0.3, -0.25) is 14.5 Å². The Hall–Kier alpha value is -3.03. The molecule has 1 fully saturated rings. The van der Waals surface area contributed by atoms with Crippen LogP contribution in [-0.2, 0) is 9.47 Å². The number of pyridine rings is 1. The Morgan fingerprint density at radius 2 is 1.78 bits per heavy atom. The SMILES string of the molecule is O=C1c2ccccc2C(=O)N1C/C=C\COc1cc(C2OCCO2)ccn1. The maximum atomic E-state index is 12.3. The lowest BCUT2D eigenvalue weighted by Crippen LogP contribution is -2.29. The average Bonchev–Trinajstić information content (AvgIpc) is 3.32. The Kier molecular flexibility index (Phi) is 4.95. The largest absolute Gasteiger partial charge is 0.473 e. The maximum absolute atomic E-state index is 12.3. The van der Waals surface area contributed by atoms with Crippen LogP contribution in [0.3, 0.4) is 0 Å². The van der Waals surface area contributed by atoms with E-state index >= 15 is 0 Å². The van der Waals surface area contributed by atoms with Gasteiger partial charge >= 0.3 is 0 Å². The number of carbonyl (C=O) groups excluding carboxylic acids is 2. The van der Waals surface area contributed by atoms with E-state index in [1.165, 1.54) is 4.90 Å². The zero-order chi connectivity index (χ0) is 18.6. The third-order valence-electron chi connectivity index (χ3n) is 4.31. The predicted molar refractivity (Wildman–Crippen MR) is 95.3 cm³/mol. The molecular formula is C20H18N2O5. The Morgan fingerprint density at radius 1 is 1.07 bits per heavy atom. The molecule has 2 aliphatic heterocycles. The summed E-state index contributed by atoms with van der Waals surface area (Å²) in [6.45, 7) is 1.62. The number of benzene rings is 1. The molecule has 4 rings (SSSR count). The molecule has 0 aliphatic carbocycles. The van der Waals surface area contributed by atoms with Crippen molar-refractivity contribution in [2.24, 2.45) is 0 Å². The number of carbonyl (C=O) groups is 2. The normalized spacial score (nSPS) is 17.1. The first-order valence-corrected chi connectivity index (χ1v) is 8.66. The fraction of sp³-hybridized carbons (Fsp3) is 0.250. The summed E-state index contributed by atoms with van der Waals surface area (Å²) in [5.41, 5.74) is 1.75. The molecule has 0 spiro atoms. The highest BCUT2D eigenvalue weighted by molar-refractivity contribution is 6.21. The van der Waals surface area contributed by atoms with Gasteiger partial charge in [0.2, 0.25) is 5.88 Å². The zero-order valence-electron chi connectivity index (χ0n) is 14.5. The van der Waals surface area contributed by atoms with Gasteiger partial charge in [0.1, 0.15) is 6.61 Å². The van der Waals surface area contributed by atoms with Gasteiger partial charge in [-0.25, -0.2) is 4.98 Å². The molecule has 0 bridgehead atoms. The second-order valence-corrected chi connectivity index (χ2v) is 6.05. The van der Waals surface area contributed by atoms with Crippen LogP contribution in [0, 0.1) is 0 Å². The third kappa shape index (κ3) is 3.60. The van der Waals surface area contributed by atoms with Gasteiger partial charge in [0.25, 0.3) is 11.8 Å². The number of aromatic nitrogens is 1. The van der Waals surface area contributed by atoms with Crippen LogP contribution in [0.4, 0.5) is 0 Å². The minimum Gasteiger partial charge on any atom is -0.473 e. The van der Waals surface area contributed by atoms with Crippen LogP contribution >= 0.6 is 0 Å². The molecule has 1 saturated heterocycles. The number of nitrogens with zero attached hydrogens (tertiary/aromatic N) is 2. The fourth-order valence-corrected chi connectivity index (χ4v) is 2.99. The second kappa shape index (κ2) is 7.69. The number of imide groups is 1. The van der Waals surface area contributed by atoms with Crippen LogP contribution in [0.2, 0.25) is 0 Å². The number of amides is 2. The molecule has 0 saturated carbocycles. The van der Waals surface area contributed by atoms with Gasteiger partial charge in [-0.05, 0) is 24.3 Å². The van der Waals surface area contributed by atoms with Gasteiger partial charge in [-0.15, -0.1) is 0 Å². The topological polar surface area (TPSA) is 78.0 Å². The van der Waals surface area contributed by atoms with Gasteiger partial charge in [0.05, 0.1) is 24.3 Å². The first kappa shape index (κ1) is 17.4. The molecule has 1 aromatic heterocycles. The van der Waals surface area contributed by atoms with Crippen LogP contribution < -0.4 is 4.74 Å². The van der Waals surface area contributed by atoms with Crippen molar-refractivity contribution in [3.05, 3.63) is 71.4 Å². The number of hydrogen-bond donors (Lipinski definition) is 0. The molecule has 7 heteroatoms. The Labute approximate surface area is 156 Å². The summed E-state index contributed by atoms with van der Waals surface area (Å²) in [4.78, 5) is 29.9. The van der Waals surface area contributed by atoms with E-state index in [0.717, 1.165) is 5.56 Å². The van der Waals surface area contributed by atoms with Crippen LogP contribution in [-0.4, -0.2) is 48.1 Å². The molecular weight excluding hydrogens is 348 g/mol. The summed E-state index contributed by atoms with van der Waals surface area (Å²) in [5.74, 6) is -0.0869. The van der Waals surface area contributed by atoms with E-state index in [9.17, 15) is 9.59 Å². The van der Waals surface area contributed by atoms with Gasteiger partial charge in [0.15, 0.2) is 6.29 Å². The van der Waals surface area contributed by atoms with E-state index in [2.05, 4.69) is 4.98 Å². The van der Waals surface area contributed by atoms with Gasteiger partial charge in [-0.1, -0.05) is 18.2 Å². The summed E-state index contributed by atoms with van der Waals surface area (Å²) >= 11 is 0. The number of hydrogen-bond acceptors (Lipinski definition) is 6. The maximum Gasteiger partial charge on any atom is 0.261 e. The molecule has 2 aromatic rings. The van der Waals surface area contributed by atoms with Crippen molar-refractivity contribution in [1.82, 2.24) is 9.88 Å². The fourth-order valence-electron chi connectivity index (χ4n) is 2.99. The van der Waals surface area contributed by atoms with E-state index in [0.29, 0.717) is 30.2 Å². The molecule has 2 aliphatic rings. The van der Waals surface area contributed by atoms with Crippen molar-refractivity contribution in [2.45, 2.75) is 6.29 Å². The summed E-state index contributed by atoms with van der Waals surface area (Å²) in [6, 6.07) is 10.4. The van der Waals surface area contributed by atoms with Gasteiger partial charge in [0, 0.05) is 24.4 Å². The highest BCUT2D eigenvalue weighted by atomic mass is 16.7. The minimum absolute atomic E-state index is 0.201. The highest BCUT2D eigenvalue weighted by Crippen LogP contribution is 2.25. The second-order valence-electron chi connectivity index (χ2n) is 6.05. The van der Waals surface area contributed by atoms with Gasteiger partial charge in [-0.2, -0.15) is 0 Å². The van der Waals surface area contributed by atoms with E-state index in [1.807, 2.05) is 6.07 Å². The molecule has 0 unspecified atom stereocenters. The van der Waals surface area contributed by atoms with Gasteiger partial charge < -0.3 is 14.2 Å². The summed E-state index contributed by atoms with van der Waals surface area (Å²) < 4.78 is 16.5. The molecule has 3 heterocycles. The first-order chi connectivity index (χ1) is 13.2. The standard InChI is InChI=1S/C20H18N2O5/c23-18-15-5-1-2-6-16(15)19(24)22(18)9-3-4-10-25-17-13-14(7-8-21-17)20-26-11-12-27-20/h1-8,13,20H,9-12H2/b4-3-. The van der Waals surface area contributed by atoms with Crippen molar-refractivity contribution < 1.29 is 23.8 Å². The number of ether oxygens (including phenoxy) is 3. The van der Waals surface area contributed by atoms with Crippen molar-refractivity contribution in [2.75, 3.05) is 26.4 Å². The summed E-state index contributed by atoms with van der Waals surface area (Å²) in [5, 5.41) is 0. The van der Waals surface area contributed by atoms with Crippen LogP contribution in [0.1, 0.15) is 32.6 Å². The first-order valence-electron chi connectivity index (χ1n) is 8.66. The van der Waals surface area contributed by atoms with E-state index in [4.69, 9.17) is 14.2 Å². The molecule has 0 atom stereocenters. The van der Waals surface area contributed by atoms with Crippen molar-refractivity contribution >= 4 is 11.8 Å². The molecule has 138 valence electrons. The molecule has 1 aromatic carbocycles. The lowest BCUT2D eigenvalue weighted by atomic mass is 10.1. The summed E-state index contributed by atoms with van der Waals surface area (Å²) in [7, 11) is 0. The van der Waals surface area contributed by atoms with Crippen LogP contribution in [0.25, 0.3) is 0 Å². The zero-order valence-corrected chi connectivity index (χ0v) is 14.5. The van der Waals surface area contributed by atoms with Crippen molar-refractivity contribution in [1.29, 1.82) is 0 Å². The average molecular weight is 366 g/mol. The quantitative estimate of drug-likeness (QED) is 0.577. The monoisotopic (exact) mass is 366 g/mol. The Bertz CT molecular complexity index is 854. The number of rotatable bonds is 6. The molecule has 7 nitrogen and oxygen atoms in total. The molecule has 27 heavy (non-hydrogen) atoms. The smallest absolute Gasteiger partial charge is 0.261 e. The molecule has 2 amide bonds. The third-order valence-corrected chi connectivity index (χ3v) is 4.31. The Morgan fingerprint density at radius 3 is 2.48 bits per heavy atom. The molecule has 0 N–H and O–H groups in total. The van der Waals surface area contributed by atoms with E-state index in [1.54, 1.807) is 48.7 Å². The number of fused-ring (bicyclic) bond motifs is 1. The Balaban J connectivity index is 1.30. The van der Waals surface area contributed by atoms with Crippen molar-refractivity contribution in [3.8, 4) is 5.88 Å². The van der Waals surface area contributed by atoms with E-state index in [-0.39, 0.29) is 31.3 Å². The lowest BCUT2D eigenvalue weighted by molar-refractivity contribution is -0.0443. The van der Waals surface area contributed by atoms with Crippen LogP contribution in [0.5, 0.6) is 5.88 Å². The van der Waals surface area contributed by atoms with Crippen LogP contribution in [0.15, 0.2) is 54.7 Å². The summed E-state index contributed by atoms with van der Waals surface area (Å²) in [6.07, 6.45) is 4.74. The minimum atomic E-state index is -0.375. The molecule has 0 radical (unpaired) electrons. The predicted octanol–water partition coefficient (Wildman–Crippen LogP) is 2.36. The van der Waals surface area contributed by atoms with E-state index < -0.39 is 0 Å². The highest BCUT2D eigenvalue weighted by Gasteiger charge is 2.34. The lowest BCUT2D eigenvalue weighted by Gasteiger charge is -2.11.